The van der Waals surface area contributed by atoms with E-state index in [1.54, 1.807) is 6.92 Å². The van der Waals surface area contributed by atoms with Crippen LogP contribution < -0.4 is 0 Å². The summed E-state index contributed by atoms with van der Waals surface area (Å²) < 4.78 is 5.90. The maximum absolute atomic E-state index is 11.1. The molecule has 0 aliphatic carbocycles. The van der Waals surface area contributed by atoms with Gasteiger partial charge in [-0.2, -0.15) is 12.6 Å². The molecule has 0 saturated carbocycles. The van der Waals surface area contributed by atoms with Gasteiger partial charge < -0.3 is 9.22 Å². The number of hydrogen-bond donors (Lipinski definition) is 1. The zero-order valence-electron chi connectivity index (χ0n) is 9.95. The van der Waals surface area contributed by atoms with Gasteiger partial charge in [-0.25, -0.2) is 4.79 Å². The SMILES string of the molecule is C=C(C)C(=O)OCC[N+](C)(C)CCCS. The van der Waals surface area contributed by atoms with Crippen molar-refractivity contribution in [2.75, 3.05) is 39.5 Å². The van der Waals surface area contributed by atoms with Crippen LogP contribution >= 0.6 is 12.6 Å². The van der Waals surface area contributed by atoms with Crippen LogP contribution in [-0.2, 0) is 9.53 Å². The van der Waals surface area contributed by atoms with E-state index in [1.165, 1.54) is 0 Å². The Hall–Kier alpha value is -0.480. The largest absolute Gasteiger partial charge is 0.456 e. The Kier molecular flexibility index (Phi) is 6.68. The molecule has 0 unspecified atom stereocenters. The molecule has 0 aromatic carbocycles. The summed E-state index contributed by atoms with van der Waals surface area (Å²) in [6.45, 7) is 7.51. The molecular formula is C11H22NO2S+. The number of esters is 1. The molecule has 0 spiro atoms. The highest BCUT2D eigenvalue weighted by Crippen LogP contribution is 2.01. The molecule has 0 bridgehead atoms. The number of ether oxygens (including phenoxy) is 1. The maximum Gasteiger partial charge on any atom is 0.333 e. The minimum atomic E-state index is -0.302. The van der Waals surface area contributed by atoms with Gasteiger partial charge in [0, 0.05) is 12.0 Å². The highest BCUT2D eigenvalue weighted by Gasteiger charge is 2.15. The number of nitrogens with zero attached hydrogens (tertiary/aromatic N) is 1. The first-order valence-electron chi connectivity index (χ1n) is 5.14. The molecule has 3 nitrogen and oxygen atoms in total. The smallest absolute Gasteiger partial charge is 0.333 e. The van der Waals surface area contributed by atoms with Crippen molar-refractivity contribution in [3.8, 4) is 0 Å². The van der Waals surface area contributed by atoms with Gasteiger partial charge >= 0.3 is 5.97 Å². The molecule has 88 valence electrons. The van der Waals surface area contributed by atoms with Crippen LogP contribution in [0.2, 0.25) is 0 Å². The van der Waals surface area contributed by atoms with Crippen LogP contribution in [0.25, 0.3) is 0 Å². The van der Waals surface area contributed by atoms with Crippen LogP contribution in [-0.4, -0.2) is 50.0 Å². The summed E-state index contributed by atoms with van der Waals surface area (Å²) >= 11 is 4.18. The highest BCUT2D eigenvalue weighted by molar-refractivity contribution is 7.80. The zero-order valence-corrected chi connectivity index (χ0v) is 10.8. The van der Waals surface area contributed by atoms with Gasteiger partial charge in [-0.3, -0.25) is 0 Å². The summed E-state index contributed by atoms with van der Waals surface area (Å²) in [6.07, 6.45) is 1.07. The minimum Gasteiger partial charge on any atom is -0.456 e. The predicted octanol–water partition coefficient (Wildman–Crippen LogP) is 1.50. The van der Waals surface area contributed by atoms with Crippen LogP contribution in [0.15, 0.2) is 12.2 Å². The molecule has 0 heterocycles. The Morgan fingerprint density at radius 3 is 2.47 bits per heavy atom. The Balaban J connectivity index is 3.74. The molecular weight excluding hydrogens is 210 g/mol. The molecule has 0 saturated heterocycles. The van der Waals surface area contributed by atoms with E-state index in [1.807, 2.05) is 0 Å². The van der Waals surface area contributed by atoms with Crippen molar-refractivity contribution in [3.63, 3.8) is 0 Å². The van der Waals surface area contributed by atoms with Gasteiger partial charge in [-0.1, -0.05) is 6.58 Å². The Morgan fingerprint density at radius 2 is 2.00 bits per heavy atom. The lowest BCUT2D eigenvalue weighted by Gasteiger charge is -2.29. The summed E-state index contributed by atoms with van der Waals surface area (Å²) in [5, 5.41) is 0. The van der Waals surface area contributed by atoms with Crippen LogP contribution in [0.3, 0.4) is 0 Å². The number of carbonyl (C=O) groups is 1. The third-order valence-electron chi connectivity index (χ3n) is 2.20. The van der Waals surface area contributed by atoms with E-state index >= 15 is 0 Å². The lowest BCUT2D eigenvalue weighted by molar-refractivity contribution is -0.890. The van der Waals surface area contributed by atoms with Crippen LogP contribution in [0.5, 0.6) is 0 Å². The van der Waals surface area contributed by atoms with Crippen molar-refractivity contribution in [3.05, 3.63) is 12.2 Å². The van der Waals surface area contributed by atoms with Crippen molar-refractivity contribution < 1.29 is 14.0 Å². The van der Waals surface area contributed by atoms with Crippen LogP contribution in [0.4, 0.5) is 0 Å². The fraction of sp³-hybridized carbons (Fsp3) is 0.727. The average molecular weight is 232 g/mol. The summed E-state index contributed by atoms with van der Waals surface area (Å²) in [4.78, 5) is 11.1. The fourth-order valence-electron chi connectivity index (χ4n) is 1.12. The first-order valence-corrected chi connectivity index (χ1v) is 5.78. The standard InChI is InChI=1S/C11H21NO2S/c1-10(2)11(13)14-8-7-12(3,4)6-5-9-15/h1,5-9H2,2-4H3/p+1. The number of carbonyl (C=O) groups excluding carboxylic acids is 1. The van der Waals surface area contributed by atoms with Crippen molar-refractivity contribution >= 4 is 18.6 Å². The molecule has 0 aliphatic rings. The normalized spacial score (nSPS) is 11.2. The number of hydrogen-bond acceptors (Lipinski definition) is 3. The average Bonchev–Trinajstić information content (AvgIpc) is 2.14. The first kappa shape index (κ1) is 14.5. The molecule has 0 atom stereocenters. The molecule has 4 heteroatoms. The van der Waals surface area contributed by atoms with E-state index in [9.17, 15) is 4.79 Å². The molecule has 0 aromatic heterocycles. The van der Waals surface area contributed by atoms with Crippen molar-refractivity contribution in [1.82, 2.24) is 0 Å². The second-order valence-electron chi connectivity index (χ2n) is 4.38. The number of thiol groups is 1. The Morgan fingerprint density at radius 1 is 1.40 bits per heavy atom. The lowest BCUT2D eigenvalue weighted by Crippen LogP contribution is -2.43. The number of likely N-dealkylation sites (N-methyl/N-ethyl adjacent to an activating group) is 1. The highest BCUT2D eigenvalue weighted by atomic mass is 32.1. The maximum atomic E-state index is 11.1. The minimum absolute atomic E-state index is 0.302. The van der Waals surface area contributed by atoms with E-state index in [0.29, 0.717) is 12.2 Å². The third kappa shape index (κ3) is 7.45. The fourth-order valence-corrected chi connectivity index (χ4v) is 1.26. The van der Waals surface area contributed by atoms with E-state index in [4.69, 9.17) is 4.74 Å². The van der Waals surface area contributed by atoms with Crippen molar-refractivity contribution in [1.29, 1.82) is 0 Å². The van der Waals surface area contributed by atoms with Gasteiger partial charge in [0.2, 0.25) is 0 Å². The second-order valence-corrected chi connectivity index (χ2v) is 4.82. The molecule has 0 radical (unpaired) electrons. The second kappa shape index (κ2) is 6.90. The molecule has 0 rings (SSSR count). The topological polar surface area (TPSA) is 26.3 Å². The third-order valence-corrected chi connectivity index (χ3v) is 2.52. The molecule has 0 fully saturated rings. The summed E-state index contributed by atoms with van der Waals surface area (Å²) in [6, 6.07) is 0. The summed E-state index contributed by atoms with van der Waals surface area (Å²) in [7, 11) is 4.25. The Bertz CT molecular complexity index is 227. The molecule has 0 aliphatic heterocycles. The van der Waals surface area contributed by atoms with Gasteiger partial charge in [0.05, 0.1) is 20.6 Å². The molecule has 0 amide bonds. The van der Waals surface area contributed by atoms with Gasteiger partial charge in [-0.05, 0) is 12.7 Å². The van der Waals surface area contributed by atoms with Crippen LogP contribution in [0, 0.1) is 0 Å². The van der Waals surface area contributed by atoms with Gasteiger partial charge in [0.15, 0.2) is 0 Å². The van der Waals surface area contributed by atoms with Crippen molar-refractivity contribution in [2.24, 2.45) is 0 Å². The quantitative estimate of drug-likeness (QED) is 0.312. The van der Waals surface area contributed by atoms with E-state index in [2.05, 4.69) is 33.3 Å². The van der Waals surface area contributed by atoms with Crippen molar-refractivity contribution in [2.45, 2.75) is 13.3 Å². The predicted molar refractivity (Wildman–Crippen MR) is 66.1 cm³/mol. The first-order chi connectivity index (χ1) is 6.89. The van der Waals surface area contributed by atoms with Gasteiger partial charge in [-0.15, -0.1) is 0 Å². The Labute approximate surface area is 98.1 Å². The molecule has 0 aromatic rings. The number of quaternary nitrogens is 1. The van der Waals surface area contributed by atoms with Gasteiger partial charge in [0.25, 0.3) is 0 Å². The van der Waals surface area contributed by atoms with E-state index < -0.39 is 0 Å². The van der Waals surface area contributed by atoms with Crippen LogP contribution in [0.1, 0.15) is 13.3 Å². The van der Waals surface area contributed by atoms with E-state index in [-0.39, 0.29) is 5.97 Å². The molecule has 15 heavy (non-hydrogen) atoms. The van der Waals surface area contributed by atoms with Gasteiger partial charge in [0.1, 0.15) is 13.2 Å². The summed E-state index contributed by atoms with van der Waals surface area (Å²) in [5.41, 5.74) is 0.454. The summed E-state index contributed by atoms with van der Waals surface area (Å²) in [5.74, 6) is 0.594. The zero-order chi connectivity index (χ0) is 11.9. The van der Waals surface area contributed by atoms with E-state index in [0.717, 1.165) is 29.7 Å². The lowest BCUT2D eigenvalue weighted by atomic mass is 10.3. The monoisotopic (exact) mass is 232 g/mol. The molecule has 0 N–H and O–H groups in total. The number of rotatable bonds is 7.